The van der Waals surface area contributed by atoms with Crippen LogP contribution in [0.15, 0.2) is 48.6 Å². The number of aryl methyl sites for hydroxylation is 1. The van der Waals surface area contributed by atoms with E-state index in [2.05, 4.69) is 53.1 Å². The molecule has 0 atom stereocenters. The van der Waals surface area contributed by atoms with E-state index in [1.807, 2.05) is 4.90 Å². The molecule has 0 spiro atoms. The lowest BCUT2D eigenvalue weighted by Crippen LogP contribution is -2.49. The molecule has 3 heterocycles. The highest BCUT2D eigenvalue weighted by Gasteiger charge is 2.29. The summed E-state index contributed by atoms with van der Waals surface area (Å²) in [6.07, 6.45) is 4.21. The summed E-state index contributed by atoms with van der Waals surface area (Å²) in [5.41, 5.74) is 4.71. The SMILES string of the molecule is COC/C=C/C(=O)N1CCN(c2nc(OC)nc3c2CCN(c2cccc4cccc(C)c24)C3)CC1. The minimum atomic E-state index is 0.0232. The summed E-state index contributed by atoms with van der Waals surface area (Å²) in [5.74, 6) is 0.961. The van der Waals surface area contributed by atoms with Crippen LogP contribution in [0.25, 0.3) is 10.8 Å². The van der Waals surface area contributed by atoms with Crippen molar-refractivity contribution < 1.29 is 14.3 Å². The van der Waals surface area contributed by atoms with Crippen LogP contribution in [0, 0.1) is 6.92 Å². The molecule has 5 rings (SSSR count). The maximum absolute atomic E-state index is 12.5. The van der Waals surface area contributed by atoms with E-state index in [-0.39, 0.29) is 5.91 Å². The Balaban J connectivity index is 1.38. The maximum Gasteiger partial charge on any atom is 0.318 e. The molecule has 1 fully saturated rings. The number of aromatic nitrogens is 2. The number of rotatable bonds is 6. The van der Waals surface area contributed by atoms with Gasteiger partial charge in [-0.2, -0.15) is 9.97 Å². The number of carbonyl (C=O) groups is 1. The smallest absolute Gasteiger partial charge is 0.318 e. The van der Waals surface area contributed by atoms with Crippen molar-refractivity contribution in [2.45, 2.75) is 19.9 Å². The molecule has 1 aromatic heterocycles. The van der Waals surface area contributed by atoms with Gasteiger partial charge in [-0.3, -0.25) is 4.79 Å². The second-order valence-electron chi connectivity index (χ2n) is 9.25. The molecule has 2 aliphatic rings. The number of hydrogen-bond acceptors (Lipinski definition) is 7. The minimum Gasteiger partial charge on any atom is -0.467 e. The summed E-state index contributed by atoms with van der Waals surface area (Å²) in [7, 11) is 3.23. The lowest BCUT2D eigenvalue weighted by Gasteiger charge is -2.38. The van der Waals surface area contributed by atoms with Crippen molar-refractivity contribution >= 4 is 28.2 Å². The lowest BCUT2D eigenvalue weighted by molar-refractivity contribution is -0.126. The van der Waals surface area contributed by atoms with Gasteiger partial charge in [0.1, 0.15) is 5.82 Å². The van der Waals surface area contributed by atoms with Gasteiger partial charge in [-0.1, -0.05) is 36.4 Å². The van der Waals surface area contributed by atoms with Crippen molar-refractivity contribution in [1.29, 1.82) is 0 Å². The Hall–Kier alpha value is -3.65. The van der Waals surface area contributed by atoms with E-state index in [9.17, 15) is 4.79 Å². The summed E-state index contributed by atoms with van der Waals surface area (Å²) >= 11 is 0. The van der Waals surface area contributed by atoms with E-state index in [4.69, 9.17) is 19.4 Å². The average molecular weight is 488 g/mol. The predicted octanol–water partition coefficient (Wildman–Crippen LogP) is 3.36. The quantitative estimate of drug-likeness (QED) is 0.494. The Morgan fingerprint density at radius 3 is 2.53 bits per heavy atom. The highest BCUT2D eigenvalue weighted by molar-refractivity contribution is 5.97. The van der Waals surface area contributed by atoms with Gasteiger partial charge in [0.05, 0.1) is 26.0 Å². The van der Waals surface area contributed by atoms with E-state index >= 15 is 0 Å². The van der Waals surface area contributed by atoms with Crippen LogP contribution >= 0.6 is 0 Å². The Labute approximate surface area is 212 Å². The molecule has 0 bridgehead atoms. The third-order valence-corrected chi connectivity index (χ3v) is 7.05. The van der Waals surface area contributed by atoms with Crippen LogP contribution in [-0.2, 0) is 22.5 Å². The summed E-state index contributed by atoms with van der Waals surface area (Å²) in [4.78, 5) is 28.5. The number of amides is 1. The first-order chi connectivity index (χ1) is 17.6. The van der Waals surface area contributed by atoms with Crippen LogP contribution in [0.4, 0.5) is 11.5 Å². The molecule has 2 aliphatic heterocycles. The Kier molecular flexibility index (Phi) is 7.04. The number of methoxy groups -OCH3 is 2. The molecular weight excluding hydrogens is 454 g/mol. The highest BCUT2D eigenvalue weighted by atomic mass is 16.5. The number of fused-ring (bicyclic) bond motifs is 2. The van der Waals surface area contributed by atoms with E-state index in [1.54, 1.807) is 26.4 Å². The maximum atomic E-state index is 12.5. The van der Waals surface area contributed by atoms with Gasteiger partial charge in [0.25, 0.3) is 0 Å². The molecule has 0 saturated carbocycles. The third kappa shape index (κ3) is 4.73. The number of carbonyl (C=O) groups excluding carboxylic acids is 1. The second kappa shape index (κ2) is 10.5. The van der Waals surface area contributed by atoms with Gasteiger partial charge in [0.2, 0.25) is 5.91 Å². The van der Waals surface area contributed by atoms with Crippen LogP contribution < -0.4 is 14.5 Å². The molecule has 8 heteroatoms. The number of benzene rings is 2. The van der Waals surface area contributed by atoms with Crippen LogP contribution in [0.5, 0.6) is 6.01 Å². The molecule has 1 saturated heterocycles. The molecule has 2 aromatic carbocycles. The molecule has 8 nitrogen and oxygen atoms in total. The third-order valence-electron chi connectivity index (χ3n) is 7.05. The van der Waals surface area contributed by atoms with Gasteiger partial charge in [-0.25, -0.2) is 0 Å². The zero-order chi connectivity index (χ0) is 25.1. The van der Waals surface area contributed by atoms with Gasteiger partial charge in [0, 0.05) is 62.5 Å². The lowest BCUT2D eigenvalue weighted by atomic mass is 9.99. The van der Waals surface area contributed by atoms with Crippen LogP contribution in [0.2, 0.25) is 0 Å². The van der Waals surface area contributed by atoms with Crippen LogP contribution in [0.1, 0.15) is 16.8 Å². The molecule has 36 heavy (non-hydrogen) atoms. The highest BCUT2D eigenvalue weighted by Crippen LogP contribution is 2.35. The zero-order valence-corrected chi connectivity index (χ0v) is 21.2. The van der Waals surface area contributed by atoms with Gasteiger partial charge in [-0.05, 0) is 30.4 Å². The number of piperazine rings is 1. The fourth-order valence-electron chi connectivity index (χ4n) is 5.21. The van der Waals surface area contributed by atoms with Crippen molar-refractivity contribution in [3.8, 4) is 6.01 Å². The van der Waals surface area contributed by atoms with E-state index in [0.29, 0.717) is 32.3 Å². The first kappa shape index (κ1) is 24.1. The molecule has 0 radical (unpaired) electrons. The molecule has 3 aromatic rings. The Bertz CT molecular complexity index is 1280. The fraction of sp³-hybridized carbons (Fsp3) is 0.393. The van der Waals surface area contributed by atoms with Crippen molar-refractivity contribution in [3.05, 3.63) is 65.4 Å². The van der Waals surface area contributed by atoms with Gasteiger partial charge < -0.3 is 24.2 Å². The predicted molar refractivity (Wildman–Crippen MR) is 142 cm³/mol. The zero-order valence-electron chi connectivity index (χ0n) is 21.2. The topological polar surface area (TPSA) is 71.0 Å². The van der Waals surface area contributed by atoms with Crippen molar-refractivity contribution in [1.82, 2.24) is 14.9 Å². The fourth-order valence-corrected chi connectivity index (χ4v) is 5.21. The number of ether oxygens (including phenoxy) is 2. The second-order valence-corrected chi connectivity index (χ2v) is 9.25. The molecular formula is C28H33N5O3. The first-order valence-corrected chi connectivity index (χ1v) is 12.5. The number of anilines is 2. The van der Waals surface area contributed by atoms with Crippen molar-refractivity contribution in [2.75, 3.05) is 63.4 Å². The average Bonchev–Trinajstić information content (AvgIpc) is 2.92. The van der Waals surface area contributed by atoms with E-state index < -0.39 is 0 Å². The van der Waals surface area contributed by atoms with Crippen molar-refractivity contribution in [3.63, 3.8) is 0 Å². The summed E-state index contributed by atoms with van der Waals surface area (Å²) in [5, 5.41) is 2.55. The molecule has 1 amide bonds. The largest absolute Gasteiger partial charge is 0.467 e. The number of nitrogens with zero attached hydrogens (tertiary/aromatic N) is 5. The van der Waals surface area contributed by atoms with Gasteiger partial charge >= 0.3 is 6.01 Å². The minimum absolute atomic E-state index is 0.0232. The van der Waals surface area contributed by atoms with E-state index in [0.717, 1.165) is 37.6 Å². The first-order valence-electron chi connectivity index (χ1n) is 12.5. The van der Waals surface area contributed by atoms with Gasteiger partial charge in [0.15, 0.2) is 0 Å². The van der Waals surface area contributed by atoms with Crippen LogP contribution in [-0.4, -0.2) is 74.3 Å². The van der Waals surface area contributed by atoms with E-state index in [1.165, 1.54) is 27.6 Å². The standard InChI is InChI=1S/C28H33N5O3/c1-20-7-4-8-21-9-5-10-24(26(20)21)33-13-12-22-23(19-33)29-28(36-3)30-27(22)32-16-14-31(15-17-32)25(34)11-6-18-35-2/h4-11H,12-19H2,1-3H3/b11-6+. The monoisotopic (exact) mass is 487 g/mol. The summed E-state index contributed by atoms with van der Waals surface area (Å²) < 4.78 is 10.5. The Morgan fingerprint density at radius 1 is 1.00 bits per heavy atom. The van der Waals surface area contributed by atoms with Gasteiger partial charge in [-0.15, -0.1) is 0 Å². The molecule has 0 aliphatic carbocycles. The summed E-state index contributed by atoms with van der Waals surface area (Å²) in [6, 6.07) is 13.3. The molecule has 188 valence electrons. The number of hydrogen-bond donors (Lipinski definition) is 0. The molecule has 0 unspecified atom stereocenters. The molecule has 0 N–H and O–H groups in total. The van der Waals surface area contributed by atoms with Crippen LogP contribution in [0.3, 0.4) is 0 Å². The summed E-state index contributed by atoms with van der Waals surface area (Å²) in [6.45, 7) is 6.96. The normalized spacial score (nSPS) is 16.0. The van der Waals surface area contributed by atoms with Crippen molar-refractivity contribution in [2.24, 2.45) is 0 Å². The Morgan fingerprint density at radius 2 is 1.78 bits per heavy atom.